The predicted molar refractivity (Wildman–Crippen MR) is 78.3 cm³/mol. The molecule has 2 aromatic rings. The van der Waals surface area contributed by atoms with Crippen molar-refractivity contribution >= 4 is 21.6 Å². The van der Waals surface area contributed by atoms with Crippen LogP contribution in [-0.2, 0) is 12.8 Å². The van der Waals surface area contributed by atoms with E-state index in [9.17, 15) is 5.11 Å². The van der Waals surface area contributed by atoms with E-state index in [1.807, 2.05) is 0 Å². The molecular weight excluding hydrogens is 272 g/mol. The van der Waals surface area contributed by atoms with Gasteiger partial charge in [0.05, 0.1) is 11.5 Å². The minimum absolute atomic E-state index is 0.148. The van der Waals surface area contributed by atoms with E-state index in [0.717, 1.165) is 48.2 Å². The van der Waals surface area contributed by atoms with Crippen LogP contribution in [0, 0.1) is 0 Å². The molecule has 0 radical (unpaired) electrons. The molecule has 0 atom stereocenters. The summed E-state index contributed by atoms with van der Waals surface area (Å²) in [6.45, 7) is 0. The van der Waals surface area contributed by atoms with Crippen LogP contribution in [0.1, 0.15) is 42.5 Å². The summed E-state index contributed by atoms with van der Waals surface area (Å²) in [7, 11) is 0. The molecule has 20 heavy (non-hydrogen) atoms. The van der Waals surface area contributed by atoms with Gasteiger partial charge in [-0.2, -0.15) is 0 Å². The van der Waals surface area contributed by atoms with Crippen molar-refractivity contribution in [2.45, 2.75) is 57.2 Å². The summed E-state index contributed by atoms with van der Waals surface area (Å²) in [5.74, 6) is 0.760. The Balaban J connectivity index is 1.66. The van der Waals surface area contributed by atoms with Gasteiger partial charge >= 0.3 is 0 Å². The van der Waals surface area contributed by atoms with Crippen LogP contribution >= 0.6 is 11.3 Å². The lowest BCUT2D eigenvalue weighted by atomic mass is 9.95. The zero-order valence-electron chi connectivity index (χ0n) is 11.3. The maximum absolute atomic E-state index is 9.58. The Morgan fingerprint density at radius 1 is 1.15 bits per heavy atom. The monoisotopic (exact) mass is 290 g/mol. The van der Waals surface area contributed by atoms with Crippen molar-refractivity contribution in [2.24, 2.45) is 0 Å². The summed E-state index contributed by atoms with van der Waals surface area (Å²) in [5.41, 5.74) is 1.41. The zero-order chi connectivity index (χ0) is 13.5. The summed E-state index contributed by atoms with van der Waals surface area (Å²) < 4.78 is 6.14. The van der Waals surface area contributed by atoms with E-state index in [1.165, 1.54) is 23.3 Å². The number of aliphatic hydroxyl groups excluding tert-OH is 1. The van der Waals surface area contributed by atoms with Gasteiger partial charge in [0, 0.05) is 4.88 Å². The van der Waals surface area contributed by atoms with Gasteiger partial charge in [-0.1, -0.05) is 0 Å². The fraction of sp³-hybridized carbons (Fsp3) is 0.600. The van der Waals surface area contributed by atoms with Crippen LogP contribution in [0.2, 0.25) is 0 Å². The lowest BCUT2D eigenvalue weighted by molar-refractivity contribution is 0.0651. The molecule has 2 aliphatic carbocycles. The van der Waals surface area contributed by atoms with Crippen LogP contribution in [0.4, 0.5) is 0 Å². The summed E-state index contributed by atoms with van der Waals surface area (Å²) in [4.78, 5) is 11.3. The highest BCUT2D eigenvalue weighted by Gasteiger charge is 2.25. The molecular formula is C15H18N2O2S. The van der Waals surface area contributed by atoms with Gasteiger partial charge in [0.2, 0.25) is 5.88 Å². The van der Waals surface area contributed by atoms with Crippen molar-refractivity contribution in [1.82, 2.24) is 9.97 Å². The molecule has 2 aliphatic rings. The van der Waals surface area contributed by atoms with Gasteiger partial charge in [0.1, 0.15) is 17.3 Å². The Morgan fingerprint density at radius 3 is 2.85 bits per heavy atom. The number of ether oxygens (including phenoxy) is 1. The molecule has 106 valence electrons. The lowest BCUT2D eigenvalue weighted by Crippen LogP contribution is -2.26. The van der Waals surface area contributed by atoms with Crippen molar-refractivity contribution in [3.63, 3.8) is 0 Å². The Bertz CT molecular complexity index is 632. The van der Waals surface area contributed by atoms with E-state index in [0.29, 0.717) is 0 Å². The molecule has 1 saturated carbocycles. The molecule has 1 N–H and O–H groups in total. The highest BCUT2D eigenvalue weighted by atomic mass is 32.1. The Morgan fingerprint density at radius 2 is 2.00 bits per heavy atom. The average molecular weight is 290 g/mol. The minimum atomic E-state index is -0.148. The second-order valence-corrected chi connectivity index (χ2v) is 6.85. The number of aromatic nitrogens is 2. The molecule has 1 fully saturated rings. The molecule has 2 heterocycles. The van der Waals surface area contributed by atoms with Gasteiger partial charge in [-0.25, -0.2) is 9.97 Å². The number of fused-ring (bicyclic) bond motifs is 3. The van der Waals surface area contributed by atoms with E-state index in [4.69, 9.17) is 4.74 Å². The summed E-state index contributed by atoms with van der Waals surface area (Å²) in [6, 6.07) is 0. The molecule has 0 aliphatic heterocycles. The van der Waals surface area contributed by atoms with Crippen molar-refractivity contribution in [1.29, 1.82) is 0 Å². The molecule has 0 amide bonds. The Labute approximate surface area is 121 Å². The van der Waals surface area contributed by atoms with Gasteiger partial charge in [0.15, 0.2) is 0 Å². The highest BCUT2D eigenvalue weighted by Crippen LogP contribution is 2.40. The van der Waals surface area contributed by atoms with E-state index >= 15 is 0 Å². The SMILES string of the molecule is OC1CCC(Oc2ncnc3sc4c(c23)CCC4)CC1. The van der Waals surface area contributed by atoms with E-state index in [1.54, 1.807) is 17.7 Å². The van der Waals surface area contributed by atoms with Crippen molar-refractivity contribution < 1.29 is 9.84 Å². The topological polar surface area (TPSA) is 55.2 Å². The van der Waals surface area contributed by atoms with Crippen LogP contribution in [0.15, 0.2) is 6.33 Å². The first kappa shape index (κ1) is 12.5. The maximum atomic E-state index is 9.58. The summed E-state index contributed by atoms with van der Waals surface area (Å²) in [5, 5.41) is 10.7. The number of thiophene rings is 1. The summed E-state index contributed by atoms with van der Waals surface area (Å²) >= 11 is 1.79. The first-order valence-corrected chi connectivity index (χ1v) is 8.23. The van der Waals surface area contributed by atoms with Crippen LogP contribution in [0.3, 0.4) is 0 Å². The second-order valence-electron chi connectivity index (χ2n) is 5.76. The number of aryl methyl sites for hydroxylation is 2. The van der Waals surface area contributed by atoms with Crippen LogP contribution in [-0.4, -0.2) is 27.3 Å². The molecule has 4 rings (SSSR count). The quantitative estimate of drug-likeness (QED) is 0.924. The number of aliphatic hydroxyl groups is 1. The normalized spacial score (nSPS) is 25.9. The van der Waals surface area contributed by atoms with Crippen LogP contribution < -0.4 is 4.74 Å². The van der Waals surface area contributed by atoms with Gasteiger partial charge < -0.3 is 9.84 Å². The van der Waals surface area contributed by atoms with E-state index in [-0.39, 0.29) is 12.2 Å². The van der Waals surface area contributed by atoms with Crippen LogP contribution in [0.5, 0.6) is 5.88 Å². The van der Waals surface area contributed by atoms with Crippen LogP contribution in [0.25, 0.3) is 10.2 Å². The molecule has 0 saturated heterocycles. The second kappa shape index (κ2) is 4.97. The number of hydrogen-bond donors (Lipinski definition) is 1. The fourth-order valence-corrected chi connectivity index (χ4v) is 4.53. The first-order valence-electron chi connectivity index (χ1n) is 7.41. The van der Waals surface area contributed by atoms with Crippen molar-refractivity contribution in [2.75, 3.05) is 0 Å². The molecule has 4 nitrogen and oxygen atoms in total. The first-order chi connectivity index (χ1) is 9.81. The molecule has 5 heteroatoms. The molecule has 0 unspecified atom stereocenters. The largest absolute Gasteiger partial charge is 0.474 e. The summed E-state index contributed by atoms with van der Waals surface area (Å²) in [6.07, 6.45) is 8.69. The van der Waals surface area contributed by atoms with Crippen molar-refractivity contribution in [3.05, 3.63) is 16.8 Å². The number of rotatable bonds is 2. The van der Waals surface area contributed by atoms with Gasteiger partial charge in [0.25, 0.3) is 0 Å². The van der Waals surface area contributed by atoms with Gasteiger partial charge in [-0.15, -0.1) is 11.3 Å². The van der Waals surface area contributed by atoms with E-state index < -0.39 is 0 Å². The zero-order valence-corrected chi connectivity index (χ0v) is 12.2. The molecule has 0 bridgehead atoms. The smallest absolute Gasteiger partial charge is 0.225 e. The standard InChI is InChI=1S/C15H18N2O2S/c18-9-4-6-10(7-5-9)19-14-13-11-2-1-3-12(11)20-15(13)17-8-16-14/h8-10,18H,1-7H2. The van der Waals surface area contributed by atoms with Crippen molar-refractivity contribution in [3.8, 4) is 5.88 Å². The van der Waals surface area contributed by atoms with Gasteiger partial charge in [-0.3, -0.25) is 0 Å². The fourth-order valence-electron chi connectivity index (χ4n) is 3.31. The molecule has 0 aromatic carbocycles. The lowest BCUT2D eigenvalue weighted by Gasteiger charge is -2.25. The van der Waals surface area contributed by atoms with Gasteiger partial charge in [-0.05, 0) is 50.5 Å². The Hall–Kier alpha value is -1.20. The third-order valence-electron chi connectivity index (χ3n) is 4.39. The average Bonchev–Trinajstić information content (AvgIpc) is 3.02. The van der Waals surface area contributed by atoms with E-state index in [2.05, 4.69) is 9.97 Å². The third kappa shape index (κ3) is 2.09. The predicted octanol–water partition coefficient (Wildman–Crippen LogP) is 2.86. The molecule has 0 spiro atoms. The Kier molecular flexibility index (Phi) is 3.11. The minimum Gasteiger partial charge on any atom is -0.474 e. The highest BCUT2D eigenvalue weighted by molar-refractivity contribution is 7.18. The number of hydrogen-bond acceptors (Lipinski definition) is 5. The third-order valence-corrected chi connectivity index (χ3v) is 5.59. The number of nitrogens with zero attached hydrogens (tertiary/aromatic N) is 2. The molecule has 2 aromatic heterocycles. The maximum Gasteiger partial charge on any atom is 0.225 e.